The summed E-state index contributed by atoms with van der Waals surface area (Å²) >= 11 is 1.36. The van der Waals surface area contributed by atoms with Crippen molar-refractivity contribution in [2.45, 2.75) is 31.7 Å². The van der Waals surface area contributed by atoms with Crippen LogP contribution in [0.5, 0.6) is 0 Å². The fraction of sp³-hybridized carbons (Fsp3) is 0.533. The minimum absolute atomic E-state index is 0.0326. The van der Waals surface area contributed by atoms with Gasteiger partial charge in [0.15, 0.2) is 0 Å². The second-order valence-corrected chi connectivity index (χ2v) is 5.87. The van der Waals surface area contributed by atoms with Crippen LogP contribution in [0.4, 0.5) is 0 Å². The highest BCUT2D eigenvalue weighted by Crippen LogP contribution is 2.28. The first-order valence-electron chi connectivity index (χ1n) is 6.87. The van der Waals surface area contributed by atoms with Crippen molar-refractivity contribution in [1.82, 2.24) is 4.90 Å². The Labute approximate surface area is 123 Å². The average molecular weight is 293 g/mol. The van der Waals surface area contributed by atoms with Gasteiger partial charge >= 0.3 is 0 Å². The molecule has 2 N–H and O–H groups in total. The topological polar surface area (TPSA) is 60.8 Å². The zero-order valence-corrected chi connectivity index (χ0v) is 12.2. The van der Waals surface area contributed by atoms with Gasteiger partial charge in [-0.3, -0.25) is 4.79 Å². The minimum atomic E-state index is -0.175. The maximum atomic E-state index is 12.5. The van der Waals surface area contributed by atoms with E-state index in [0.717, 1.165) is 17.7 Å². The number of hydrogen-bond acceptors (Lipinski definition) is 4. The molecular weight excluding hydrogens is 274 g/mol. The summed E-state index contributed by atoms with van der Waals surface area (Å²) < 4.78 is 0. The lowest BCUT2D eigenvalue weighted by Gasteiger charge is -2.37. The molecule has 1 amide bonds. The Balaban J connectivity index is 2.07. The highest BCUT2D eigenvalue weighted by molar-refractivity contribution is 7.14. The first kappa shape index (κ1) is 15.0. The summed E-state index contributed by atoms with van der Waals surface area (Å²) in [6.45, 7) is 0.537. The molecule has 1 fully saturated rings. The lowest BCUT2D eigenvalue weighted by atomic mass is 9.91. The molecule has 1 aliphatic rings. The van der Waals surface area contributed by atoms with Crippen molar-refractivity contribution in [3.8, 4) is 11.8 Å². The molecule has 2 rings (SSSR count). The van der Waals surface area contributed by atoms with Gasteiger partial charge in [-0.2, -0.15) is 0 Å². The van der Waals surface area contributed by atoms with Crippen LogP contribution in [0.15, 0.2) is 12.1 Å². The van der Waals surface area contributed by atoms with Crippen molar-refractivity contribution in [3.63, 3.8) is 0 Å². The van der Waals surface area contributed by atoms with E-state index in [-0.39, 0.29) is 19.1 Å². The van der Waals surface area contributed by atoms with Crippen LogP contribution < -0.4 is 0 Å². The summed E-state index contributed by atoms with van der Waals surface area (Å²) in [6.07, 6.45) is 3.90. The summed E-state index contributed by atoms with van der Waals surface area (Å²) in [7, 11) is 0. The molecule has 1 heterocycles. The van der Waals surface area contributed by atoms with Crippen LogP contribution in [0.3, 0.4) is 0 Å². The zero-order chi connectivity index (χ0) is 14.4. The van der Waals surface area contributed by atoms with E-state index in [0.29, 0.717) is 23.9 Å². The highest BCUT2D eigenvalue weighted by Gasteiger charge is 2.29. The molecule has 4 nitrogen and oxygen atoms in total. The molecule has 108 valence electrons. The molecule has 0 aliphatic heterocycles. The Morgan fingerprint density at radius 1 is 1.40 bits per heavy atom. The van der Waals surface area contributed by atoms with E-state index in [2.05, 4.69) is 11.8 Å². The van der Waals surface area contributed by atoms with Crippen molar-refractivity contribution in [2.24, 2.45) is 0 Å². The average Bonchev–Trinajstić information content (AvgIpc) is 2.86. The number of nitrogens with zero attached hydrogens (tertiary/aromatic N) is 1. The number of hydrogen-bond donors (Lipinski definition) is 2. The number of rotatable bonds is 5. The summed E-state index contributed by atoms with van der Waals surface area (Å²) in [5, 5.41) is 17.6. The van der Waals surface area contributed by atoms with Gasteiger partial charge in [0.25, 0.3) is 5.91 Å². The molecule has 0 aromatic carbocycles. The van der Waals surface area contributed by atoms with Gasteiger partial charge in [-0.25, -0.2) is 0 Å². The van der Waals surface area contributed by atoms with E-state index < -0.39 is 0 Å². The number of amides is 1. The maximum absolute atomic E-state index is 12.5. The molecule has 0 saturated heterocycles. The predicted octanol–water partition coefficient (Wildman–Crippen LogP) is 1.47. The van der Waals surface area contributed by atoms with E-state index in [1.54, 1.807) is 6.07 Å². The molecule has 5 heteroatoms. The van der Waals surface area contributed by atoms with Crippen LogP contribution in [0, 0.1) is 11.8 Å². The third-order valence-corrected chi connectivity index (χ3v) is 4.43. The van der Waals surface area contributed by atoms with E-state index >= 15 is 0 Å². The summed E-state index contributed by atoms with van der Waals surface area (Å²) in [4.78, 5) is 15.9. The molecule has 0 radical (unpaired) electrons. The minimum Gasteiger partial charge on any atom is -0.396 e. The maximum Gasteiger partial charge on any atom is 0.264 e. The van der Waals surface area contributed by atoms with Crippen molar-refractivity contribution in [2.75, 3.05) is 19.8 Å². The van der Waals surface area contributed by atoms with Crippen LogP contribution in [0.2, 0.25) is 0 Å². The lowest BCUT2D eigenvalue weighted by Crippen LogP contribution is -2.44. The normalized spacial score (nSPS) is 14.3. The van der Waals surface area contributed by atoms with Crippen molar-refractivity contribution >= 4 is 17.2 Å². The monoisotopic (exact) mass is 293 g/mol. The van der Waals surface area contributed by atoms with E-state index in [1.165, 1.54) is 17.8 Å². The molecular formula is C15H19NO3S. The highest BCUT2D eigenvalue weighted by atomic mass is 32.1. The van der Waals surface area contributed by atoms with Gasteiger partial charge in [0.05, 0.1) is 9.75 Å². The molecule has 0 unspecified atom stereocenters. The van der Waals surface area contributed by atoms with Crippen molar-refractivity contribution < 1.29 is 15.0 Å². The number of carbonyl (C=O) groups excluding carboxylic acids is 1. The van der Waals surface area contributed by atoms with E-state index in [4.69, 9.17) is 10.2 Å². The molecule has 1 aromatic rings. The Bertz CT molecular complexity index is 511. The van der Waals surface area contributed by atoms with Crippen LogP contribution in [0.25, 0.3) is 0 Å². The summed E-state index contributed by atoms with van der Waals surface area (Å²) in [6, 6.07) is 3.92. The molecule has 0 spiro atoms. The van der Waals surface area contributed by atoms with E-state index in [1.807, 2.05) is 11.0 Å². The van der Waals surface area contributed by atoms with Gasteiger partial charge < -0.3 is 15.1 Å². The predicted molar refractivity (Wildman–Crippen MR) is 78.7 cm³/mol. The Morgan fingerprint density at radius 2 is 2.20 bits per heavy atom. The summed E-state index contributed by atoms with van der Waals surface area (Å²) in [5.41, 5.74) is 0. The molecule has 1 aromatic heterocycles. The molecule has 0 bridgehead atoms. The fourth-order valence-corrected chi connectivity index (χ4v) is 3.01. The van der Waals surface area contributed by atoms with Gasteiger partial charge in [0, 0.05) is 19.2 Å². The van der Waals surface area contributed by atoms with Gasteiger partial charge in [0.1, 0.15) is 6.61 Å². The first-order chi connectivity index (χ1) is 9.76. The molecule has 0 atom stereocenters. The van der Waals surface area contributed by atoms with Gasteiger partial charge in [-0.1, -0.05) is 11.8 Å². The summed E-state index contributed by atoms with van der Waals surface area (Å²) in [5.74, 6) is 5.43. The second kappa shape index (κ2) is 7.44. The zero-order valence-electron chi connectivity index (χ0n) is 11.3. The smallest absolute Gasteiger partial charge is 0.264 e. The Morgan fingerprint density at radius 3 is 2.80 bits per heavy atom. The number of aliphatic hydroxyl groups is 2. The SMILES string of the molecule is O=C(c1ccc(C#CCO)s1)N(CCCO)C1CCC1. The van der Waals surface area contributed by atoms with Gasteiger partial charge in [-0.05, 0) is 37.8 Å². The molecule has 1 aliphatic carbocycles. The fourth-order valence-electron chi connectivity index (χ4n) is 2.18. The number of carbonyl (C=O) groups is 1. The van der Waals surface area contributed by atoms with Crippen LogP contribution in [0.1, 0.15) is 40.2 Å². The largest absolute Gasteiger partial charge is 0.396 e. The van der Waals surface area contributed by atoms with Crippen molar-refractivity contribution in [3.05, 3.63) is 21.9 Å². The number of thiophene rings is 1. The van der Waals surface area contributed by atoms with Crippen LogP contribution in [-0.4, -0.2) is 46.8 Å². The molecule has 20 heavy (non-hydrogen) atoms. The van der Waals surface area contributed by atoms with Gasteiger partial charge in [0.2, 0.25) is 0 Å². The van der Waals surface area contributed by atoms with Crippen LogP contribution in [-0.2, 0) is 0 Å². The third kappa shape index (κ3) is 3.60. The quantitative estimate of drug-likeness (QED) is 0.808. The second-order valence-electron chi connectivity index (χ2n) is 4.78. The Hall–Kier alpha value is -1.35. The number of aliphatic hydroxyl groups excluding tert-OH is 2. The third-order valence-electron chi connectivity index (χ3n) is 3.44. The van der Waals surface area contributed by atoms with Crippen LogP contribution >= 0.6 is 11.3 Å². The molecule has 1 saturated carbocycles. The standard InChI is InChI=1S/C15H19NO3S/c17-10-2-6-13-7-8-14(20-13)15(19)16(9-3-11-18)12-4-1-5-12/h7-8,12,17-18H,1,3-5,9-11H2. The van der Waals surface area contributed by atoms with Gasteiger partial charge in [-0.15, -0.1) is 11.3 Å². The first-order valence-corrected chi connectivity index (χ1v) is 7.69. The lowest BCUT2D eigenvalue weighted by molar-refractivity contribution is 0.0567. The van der Waals surface area contributed by atoms with Crippen molar-refractivity contribution in [1.29, 1.82) is 0 Å². The Kier molecular flexibility index (Phi) is 5.60. The van der Waals surface area contributed by atoms with E-state index in [9.17, 15) is 4.79 Å².